The van der Waals surface area contributed by atoms with Crippen molar-refractivity contribution in [1.29, 1.82) is 0 Å². The Morgan fingerprint density at radius 3 is 2.35 bits per heavy atom. The molecule has 1 heterocycles. The Balaban J connectivity index is 1.85. The molecule has 26 heavy (non-hydrogen) atoms. The van der Waals surface area contributed by atoms with E-state index in [0.717, 1.165) is 18.7 Å². The molecule has 0 saturated heterocycles. The number of hydrogen-bond acceptors (Lipinski definition) is 1. The molecule has 0 fully saturated rings. The van der Waals surface area contributed by atoms with E-state index < -0.39 is 0 Å². The van der Waals surface area contributed by atoms with Crippen LogP contribution >= 0.6 is 0 Å². The highest BCUT2D eigenvalue weighted by atomic mass is 15.1. The molecule has 0 radical (unpaired) electrons. The first-order valence-electron chi connectivity index (χ1n) is 9.45. The second-order valence-corrected chi connectivity index (χ2v) is 7.27. The minimum atomic E-state index is 0.0323. The molecule has 2 aromatic carbocycles. The van der Waals surface area contributed by atoms with Crippen LogP contribution in [0.1, 0.15) is 38.3 Å². The first-order chi connectivity index (χ1) is 12.6. The Morgan fingerprint density at radius 2 is 1.65 bits per heavy atom. The van der Waals surface area contributed by atoms with Crippen molar-refractivity contribution in [3.8, 4) is 0 Å². The lowest BCUT2D eigenvalue weighted by Crippen LogP contribution is -2.27. The number of rotatable bonds is 6. The molecule has 0 amide bonds. The number of fused-ring (bicyclic) bond motifs is 1. The smallest absolute Gasteiger partial charge is 0.209 e. The van der Waals surface area contributed by atoms with Gasteiger partial charge in [0.2, 0.25) is 5.69 Å². The van der Waals surface area contributed by atoms with E-state index in [1.165, 1.54) is 22.5 Å². The highest BCUT2D eigenvalue weighted by Gasteiger charge is 2.43. The summed E-state index contributed by atoms with van der Waals surface area (Å²) in [6.07, 6.45) is 9.85. The molecule has 134 valence electrons. The van der Waals surface area contributed by atoms with Crippen LogP contribution in [0.3, 0.4) is 0 Å². The van der Waals surface area contributed by atoms with Gasteiger partial charge in [0.1, 0.15) is 6.54 Å². The van der Waals surface area contributed by atoms with E-state index in [2.05, 4.69) is 103 Å². The van der Waals surface area contributed by atoms with Gasteiger partial charge in [0.05, 0.1) is 5.41 Å². The summed E-state index contributed by atoms with van der Waals surface area (Å²) in [5.41, 5.74) is 6.51. The lowest BCUT2D eigenvalue weighted by Gasteiger charge is -2.15. The van der Waals surface area contributed by atoms with Crippen molar-refractivity contribution in [2.24, 2.45) is 0 Å². The van der Waals surface area contributed by atoms with Crippen molar-refractivity contribution in [3.05, 3.63) is 77.9 Å². The van der Waals surface area contributed by atoms with Crippen molar-refractivity contribution in [2.45, 2.75) is 32.6 Å². The Labute approximate surface area is 157 Å². The third-order valence-electron chi connectivity index (χ3n) is 5.10. The number of nitrogens with one attached hydrogen (secondary N) is 1. The van der Waals surface area contributed by atoms with E-state index >= 15 is 0 Å². The van der Waals surface area contributed by atoms with Crippen molar-refractivity contribution in [3.63, 3.8) is 0 Å². The van der Waals surface area contributed by atoms with E-state index in [1.807, 2.05) is 7.05 Å². The standard InChI is InChI=1S/C24H28N2/c1-5-18-26-22-12-8-7-11-21(22)24(2,3)23(26)13-9-6-10-19-14-16-20(25-4)17-15-19/h6-17H,5,18H2,1-4H3/p+1. The minimum Gasteiger partial charge on any atom is -0.388 e. The SMILES string of the molecule is CCC[N+]1=C(C=CC=Cc2ccc(NC)cc2)C(C)(C)c2ccccc21. The summed E-state index contributed by atoms with van der Waals surface area (Å²) < 4.78 is 2.47. The van der Waals surface area contributed by atoms with Gasteiger partial charge < -0.3 is 5.32 Å². The summed E-state index contributed by atoms with van der Waals surface area (Å²) in [5.74, 6) is 0. The van der Waals surface area contributed by atoms with Crippen LogP contribution in [0.5, 0.6) is 0 Å². The molecule has 0 saturated carbocycles. The Kier molecular flexibility index (Phi) is 5.41. The molecule has 2 heteroatoms. The van der Waals surface area contributed by atoms with Crippen molar-refractivity contribution < 1.29 is 4.58 Å². The highest BCUT2D eigenvalue weighted by Crippen LogP contribution is 2.39. The molecule has 0 aromatic heterocycles. The number of hydrogen-bond donors (Lipinski definition) is 1. The van der Waals surface area contributed by atoms with Gasteiger partial charge in [0.25, 0.3) is 0 Å². The van der Waals surface area contributed by atoms with Gasteiger partial charge in [-0.3, -0.25) is 0 Å². The van der Waals surface area contributed by atoms with Gasteiger partial charge >= 0.3 is 0 Å². The van der Waals surface area contributed by atoms with Crippen LogP contribution < -0.4 is 5.32 Å². The third-order valence-corrected chi connectivity index (χ3v) is 5.10. The molecule has 1 aliphatic rings. The zero-order valence-electron chi connectivity index (χ0n) is 16.3. The first kappa shape index (κ1) is 18.2. The van der Waals surface area contributed by atoms with Gasteiger partial charge in [-0.15, -0.1) is 0 Å². The van der Waals surface area contributed by atoms with Gasteiger partial charge in [0, 0.05) is 36.9 Å². The van der Waals surface area contributed by atoms with Crippen molar-refractivity contribution >= 4 is 23.2 Å². The maximum atomic E-state index is 3.15. The number of benzene rings is 2. The first-order valence-corrected chi connectivity index (χ1v) is 9.45. The summed E-state index contributed by atoms with van der Waals surface area (Å²) in [6.45, 7) is 7.93. The number of anilines is 1. The van der Waals surface area contributed by atoms with Gasteiger partial charge in [-0.05, 0) is 31.5 Å². The van der Waals surface area contributed by atoms with E-state index in [1.54, 1.807) is 0 Å². The molecule has 3 rings (SSSR count). The molecule has 0 atom stereocenters. The molecule has 2 nitrogen and oxygen atoms in total. The zero-order valence-corrected chi connectivity index (χ0v) is 16.3. The summed E-state index contributed by atoms with van der Waals surface area (Å²) >= 11 is 0. The van der Waals surface area contributed by atoms with Gasteiger partial charge in [-0.1, -0.05) is 55.5 Å². The fourth-order valence-corrected chi connectivity index (χ4v) is 3.68. The highest BCUT2D eigenvalue weighted by molar-refractivity contribution is 6.03. The quantitative estimate of drug-likeness (QED) is 0.518. The fraction of sp³-hybridized carbons (Fsp3) is 0.292. The van der Waals surface area contributed by atoms with E-state index in [9.17, 15) is 0 Å². The molecule has 0 unspecified atom stereocenters. The van der Waals surface area contributed by atoms with Gasteiger partial charge in [0.15, 0.2) is 5.71 Å². The van der Waals surface area contributed by atoms with Crippen molar-refractivity contribution in [2.75, 3.05) is 18.9 Å². The largest absolute Gasteiger partial charge is 0.388 e. The van der Waals surface area contributed by atoms with Crippen LogP contribution in [0.2, 0.25) is 0 Å². The van der Waals surface area contributed by atoms with Crippen LogP contribution in [-0.2, 0) is 5.41 Å². The Bertz CT molecular complexity index is 852. The predicted octanol–water partition coefficient (Wildman–Crippen LogP) is 5.78. The monoisotopic (exact) mass is 345 g/mol. The van der Waals surface area contributed by atoms with E-state index in [0.29, 0.717) is 0 Å². The maximum absolute atomic E-state index is 3.15. The predicted molar refractivity (Wildman–Crippen MR) is 114 cm³/mol. The summed E-state index contributed by atoms with van der Waals surface area (Å²) in [6, 6.07) is 17.2. The topological polar surface area (TPSA) is 15.0 Å². The Morgan fingerprint density at radius 1 is 0.962 bits per heavy atom. The number of nitrogens with zero attached hydrogens (tertiary/aromatic N) is 1. The molecule has 1 aliphatic heterocycles. The van der Waals surface area contributed by atoms with Crippen LogP contribution in [0.4, 0.5) is 11.4 Å². The lowest BCUT2D eigenvalue weighted by atomic mass is 9.81. The van der Waals surface area contributed by atoms with Crippen LogP contribution in [0.15, 0.2) is 66.8 Å². The lowest BCUT2D eigenvalue weighted by molar-refractivity contribution is -0.437. The minimum absolute atomic E-state index is 0.0323. The number of allylic oxidation sites excluding steroid dienone is 3. The average Bonchev–Trinajstić information content (AvgIpc) is 2.87. The Hall–Kier alpha value is -2.61. The molecule has 1 N–H and O–H groups in total. The second kappa shape index (κ2) is 7.74. The van der Waals surface area contributed by atoms with Crippen LogP contribution in [0.25, 0.3) is 6.08 Å². The molecule has 0 spiro atoms. The van der Waals surface area contributed by atoms with Gasteiger partial charge in [-0.2, -0.15) is 4.58 Å². The zero-order chi connectivity index (χ0) is 18.6. The average molecular weight is 346 g/mol. The van der Waals surface area contributed by atoms with E-state index in [-0.39, 0.29) is 5.41 Å². The molecule has 0 aliphatic carbocycles. The summed E-state index contributed by atoms with van der Waals surface area (Å²) in [5, 5.41) is 3.15. The molecule has 2 aromatic rings. The van der Waals surface area contributed by atoms with Crippen LogP contribution in [-0.4, -0.2) is 23.9 Å². The molecule has 0 bridgehead atoms. The normalized spacial score (nSPS) is 15.8. The molecular formula is C24H29N2+. The van der Waals surface area contributed by atoms with E-state index in [4.69, 9.17) is 0 Å². The number of para-hydroxylation sites is 1. The molecular weight excluding hydrogens is 316 g/mol. The fourth-order valence-electron chi connectivity index (χ4n) is 3.68. The van der Waals surface area contributed by atoms with Crippen LogP contribution in [0, 0.1) is 0 Å². The maximum Gasteiger partial charge on any atom is 0.209 e. The van der Waals surface area contributed by atoms with Crippen molar-refractivity contribution in [1.82, 2.24) is 0 Å². The van der Waals surface area contributed by atoms with Gasteiger partial charge in [-0.25, -0.2) is 0 Å². The summed E-state index contributed by atoms with van der Waals surface area (Å²) in [4.78, 5) is 0. The second-order valence-electron chi connectivity index (χ2n) is 7.27. The third kappa shape index (κ3) is 3.50. The summed E-state index contributed by atoms with van der Waals surface area (Å²) in [7, 11) is 1.94.